The summed E-state index contributed by atoms with van der Waals surface area (Å²) in [6, 6.07) is 1.49. The van der Waals surface area contributed by atoms with Crippen LogP contribution < -0.4 is 54.2 Å². The number of carbonyl (C=O) groups is 2. The molecule has 0 bridgehead atoms. The van der Waals surface area contributed by atoms with Gasteiger partial charge in [-0.15, -0.1) is 0 Å². The Balaban J connectivity index is 0.761. The minimum absolute atomic E-state index is 0.00211. The molecule has 22 nitrogen and oxygen atoms in total. The van der Waals surface area contributed by atoms with Gasteiger partial charge in [0.05, 0.1) is 22.9 Å². The molecular formula is C44H56F2N16O6. The van der Waals surface area contributed by atoms with Crippen molar-refractivity contribution in [2.24, 2.45) is 54.7 Å². The Kier molecular flexibility index (Phi) is 13.5. The van der Waals surface area contributed by atoms with Crippen molar-refractivity contribution in [2.45, 2.75) is 89.4 Å². The molecule has 68 heavy (non-hydrogen) atoms. The van der Waals surface area contributed by atoms with Crippen molar-refractivity contribution < 1.29 is 28.6 Å². The van der Waals surface area contributed by atoms with E-state index >= 15 is 8.78 Å². The summed E-state index contributed by atoms with van der Waals surface area (Å²) in [5.41, 5.74) is 22.6. The number of nitrogens with one attached hydrogen (secondary N) is 2. The molecule has 12 N–H and O–H groups in total. The molecule has 2 saturated heterocycles. The molecule has 362 valence electrons. The highest BCUT2D eigenvalue weighted by Gasteiger charge is 2.36. The maximum atomic E-state index is 15.5. The zero-order valence-corrected chi connectivity index (χ0v) is 37.7. The molecule has 2 saturated carbocycles. The minimum atomic E-state index is -1.37. The second-order valence-corrected chi connectivity index (χ2v) is 18.1. The topological polar surface area (TPSA) is 328 Å². The van der Waals surface area contributed by atoms with Crippen LogP contribution in [0.3, 0.4) is 0 Å². The predicted octanol–water partition coefficient (Wildman–Crippen LogP) is 1.80. The minimum Gasteiger partial charge on any atom is -0.477 e. The molecule has 0 radical (unpaired) electrons. The van der Waals surface area contributed by atoms with E-state index < -0.39 is 45.6 Å². The molecule has 6 heterocycles. The van der Waals surface area contributed by atoms with Gasteiger partial charge >= 0.3 is 11.9 Å². The zero-order valence-electron chi connectivity index (χ0n) is 37.7. The Morgan fingerprint density at radius 2 is 1.03 bits per heavy atom. The fraction of sp³-hybridized carbons (Fsp3) is 0.500. The van der Waals surface area contributed by atoms with Crippen LogP contribution in [0, 0.1) is 23.5 Å². The van der Waals surface area contributed by atoms with Crippen LogP contribution >= 0.6 is 0 Å². The summed E-state index contributed by atoms with van der Waals surface area (Å²) in [6.45, 7) is 6.25. The number of nitrogens with two attached hydrogens (primary N) is 4. The van der Waals surface area contributed by atoms with Crippen LogP contribution in [0.5, 0.6) is 0 Å². The van der Waals surface area contributed by atoms with Crippen molar-refractivity contribution in [3.63, 3.8) is 0 Å². The van der Waals surface area contributed by atoms with Crippen molar-refractivity contribution in [1.29, 1.82) is 0 Å². The van der Waals surface area contributed by atoms with Gasteiger partial charge in [-0.1, -0.05) is 26.7 Å². The molecule has 24 heteroatoms. The third kappa shape index (κ3) is 10.3. The van der Waals surface area contributed by atoms with Crippen LogP contribution in [0.15, 0.2) is 54.1 Å². The van der Waals surface area contributed by atoms with Crippen molar-refractivity contribution in [3.05, 3.63) is 67.7 Å². The maximum absolute atomic E-state index is 15.5. The Bertz CT molecular complexity index is 2700. The Morgan fingerprint density at radius 1 is 0.647 bits per heavy atom. The van der Waals surface area contributed by atoms with Crippen molar-refractivity contribution >= 4 is 69.5 Å². The smallest absolute Gasteiger partial charge is 0.341 e. The number of fused-ring (bicyclic) bond motifs is 2. The van der Waals surface area contributed by atoms with E-state index in [0.717, 1.165) is 63.5 Å². The van der Waals surface area contributed by atoms with Gasteiger partial charge in [-0.05, 0) is 62.5 Å². The van der Waals surface area contributed by atoms with Gasteiger partial charge in [-0.25, -0.2) is 38.3 Å². The van der Waals surface area contributed by atoms with Gasteiger partial charge in [-0.2, -0.15) is 0 Å². The molecule has 0 spiro atoms. The van der Waals surface area contributed by atoms with Gasteiger partial charge in [-0.3, -0.25) is 30.2 Å². The number of pyridine rings is 4. The van der Waals surface area contributed by atoms with E-state index in [4.69, 9.17) is 22.9 Å². The molecule has 4 aromatic heterocycles. The van der Waals surface area contributed by atoms with Gasteiger partial charge in [0.15, 0.2) is 47.1 Å². The van der Waals surface area contributed by atoms with E-state index in [-0.39, 0.29) is 93.5 Å². The first-order valence-electron chi connectivity index (χ1n) is 22.7. The molecule has 8 rings (SSSR count). The normalized spacial score (nSPS) is 21.6. The van der Waals surface area contributed by atoms with Crippen molar-refractivity contribution in [3.8, 4) is 0 Å². The summed E-state index contributed by atoms with van der Waals surface area (Å²) in [5, 5.41) is 24.6. The van der Waals surface area contributed by atoms with Crippen LogP contribution in [0.2, 0.25) is 0 Å². The molecule has 4 unspecified atom stereocenters. The van der Waals surface area contributed by atoms with E-state index in [9.17, 15) is 29.4 Å². The first-order chi connectivity index (χ1) is 32.5. The van der Waals surface area contributed by atoms with Crippen LogP contribution in [-0.2, 0) is 0 Å². The number of aromatic carboxylic acids is 2. The van der Waals surface area contributed by atoms with Gasteiger partial charge in [0, 0.05) is 63.7 Å². The highest BCUT2D eigenvalue weighted by atomic mass is 19.1. The molecule has 0 amide bonds. The lowest BCUT2D eigenvalue weighted by Crippen LogP contribution is -2.43. The van der Waals surface area contributed by atoms with E-state index in [1.807, 2.05) is 13.8 Å². The van der Waals surface area contributed by atoms with Gasteiger partial charge in [0.1, 0.15) is 22.4 Å². The first kappa shape index (κ1) is 47.1. The average Bonchev–Trinajstić information content (AvgIpc) is 4.22. The fourth-order valence-electron chi connectivity index (χ4n) is 8.81. The predicted molar refractivity (Wildman–Crippen MR) is 254 cm³/mol. The number of aliphatic imine (C=N–C) groups is 4. The molecule has 4 aliphatic rings. The Hall–Kier alpha value is -7.40. The summed E-state index contributed by atoms with van der Waals surface area (Å²) >= 11 is 0. The zero-order chi connectivity index (χ0) is 48.6. The van der Waals surface area contributed by atoms with Crippen molar-refractivity contribution in [1.82, 2.24) is 29.7 Å². The van der Waals surface area contributed by atoms with Gasteiger partial charge in [0.25, 0.3) is 0 Å². The summed E-state index contributed by atoms with van der Waals surface area (Å²) in [5.74, 6) is -3.83. The number of hydrogen-bond acceptors (Lipinski definition) is 12. The molecule has 4 aromatic rings. The van der Waals surface area contributed by atoms with E-state index in [1.165, 1.54) is 12.4 Å². The van der Waals surface area contributed by atoms with E-state index in [2.05, 4.69) is 40.6 Å². The number of rotatable bonds is 15. The number of nitrogens with zero attached hydrogens (tertiary/aromatic N) is 10. The van der Waals surface area contributed by atoms with Crippen LogP contribution in [-0.4, -0.2) is 116 Å². The lowest BCUT2D eigenvalue weighted by atomic mass is 10.1. The standard InChI is InChI=1S/C44H56F2N16O6/c1-21-15-59(37-29(45)13-25-33(63)27(39(65)66)17-61(23-7-8-23)35(25)55-37)19-31(21)53-43(49)57-41(47)51-11-5-3-4-6-12-52-42(48)58-44(50)54-32-20-60(16-22(32)2)38-30(46)14-26-34(64)28(40(67)68)18-62(24-9-10-24)36(26)56-38/h13-14,17-18,21-24,31-32H,3-12,15-16,19-20H2,1-2H3,(H,65,66)(H,67,68)(H5,47,49,51,53,57)(H5,48,50,52,54,58). The Labute approximate surface area is 387 Å². The number of halogens is 2. The highest BCUT2D eigenvalue weighted by Crippen LogP contribution is 2.39. The third-order valence-electron chi connectivity index (χ3n) is 12.7. The quantitative estimate of drug-likeness (QED) is 0.0479. The summed E-state index contributed by atoms with van der Waals surface area (Å²) in [6.07, 6.45) is 9.03. The monoisotopic (exact) mass is 942 g/mol. The number of aromatic nitrogens is 4. The average molecular weight is 943 g/mol. The maximum Gasteiger partial charge on any atom is 0.341 e. The summed E-state index contributed by atoms with van der Waals surface area (Å²) in [4.78, 5) is 79.6. The largest absolute Gasteiger partial charge is 0.477 e. The number of carboxylic acid groups (broad SMARTS) is 2. The lowest BCUT2D eigenvalue weighted by molar-refractivity contribution is 0.0684. The molecule has 4 fully saturated rings. The second-order valence-electron chi connectivity index (χ2n) is 18.1. The Morgan fingerprint density at radius 3 is 1.38 bits per heavy atom. The first-order valence-corrected chi connectivity index (χ1v) is 22.7. The highest BCUT2D eigenvalue weighted by molar-refractivity contribution is 5.98. The second kappa shape index (κ2) is 19.4. The molecule has 2 aliphatic carbocycles. The molecule has 4 atom stereocenters. The van der Waals surface area contributed by atoms with Gasteiger partial charge in [0.2, 0.25) is 10.9 Å². The molecular weight excluding hydrogens is 887 g/mol. The number of anilines is 2. The van der Waals surface area contributed by atoms with E-state index in [1.54, 1.807) is 18.9 Å². The number of hydrogen-bond donors (Lipinski definition) is 8. The third-order valence-corrected chi connectivity index (χ3v) is 12.7. The van der Waals surface area contributed by atoms with Crippen molar-refractivity contribution in [2.75, 3.05) is 49.1 Å². The summed E-state index contributed by atoms with van der Waals surface area (Å²) in [7, 11) is 0. The van der Waals surface area contributed by atoms with Crippen LogP contribution in [0.4, 0.5) is 20.4 Å². The fourth-order valence-corrected chi connectivity index (χ4v) is 8.81. The summed E-state index contributed by atoms with van der Waals surface area (Å²) < 4.78 is 34.3. The lowest BCUT2D eigenvalue weighted by Gasteiger charge is -2.19. The SMILES string of the molecule is CC1CN(c2nc3c(cc2F)c(=O)c(C(=O)O)cn3C2CC2)CC1N=C(N)NC(N)=NCCCCCCN=C(N)NC(N)=NC1CN(c2nc3c(cc2F)c(=O)c(C(=O)O)cn3C2CC2)CC1C. The number of carboxylic acids is 2. The van der Waals surface area contributed by atoms with Gasteiger partial charge < -0.3 is 52.1 Å². The molecule has 2 aliphatic heterocycles. The number of unbranched alkanes of at least 4 members (excludes halogenated alkanes) is 3. The number of guanidine groups is 4. The van der Waals surface area contributed by atoms with Crippen LogP contribution in [0.25, 0.3) is 22.1 Å². The van der Waals surface area contributed by atoms with Crippen LogP contribution in [0.1, 0.15) is 98.0 Å². The molecule has 0 aromatic carbocycles. The van der Waals surface area contributed by atoms with E-state index in [0.29, 0.717) is 39.3 Å².